The van der Waals surface area contributed by atoms with Gasteiger partial charge in [-0.05, 0) is 114 Å². The second-order valence-electron chi connectivity index (χ2n) is 15.3. The van der Waals surface area contributed by atoms with E-state index in [0.29, 0.717) is 26.4 Å². The molecule has 0 aliphatic carbocycles. The second-order valence-corrected chi connectivity index (χ2v) is 15.8. The molecule has 278 valence electrons. The number of carbonyl (C=O) groups excluding carboxylic acids is 4. The van der Waals surface area contributed by atoms with Crippen LogP contribution < -0.4 is 9.80 Å². The van der Waals surface area contributed by atoms with Gasteiger partial charge in [-0.2, -0.15) is 9.97 Å². The van der Waals surface area contributed by atoms with Gasteiger partial charge < -0.3 is 18.9 Å². The summed E-state index contributed by atoms with van der Waals surface area (Å²) in [6, 6.07) is 10.8. The average molecular weight is 776 g/mol. The molecule has 0 aliphatic rings. The SMILES string of the molecule is CC(C)(C)OC(=O)N(C(=O)OC(C)(C)C)c1nc2cccc(CBr)n2n1.Cc1cccc2nc(N(C(=O)OC(C)(C)C)C(=O)OC(C)(C)C)nn12. The molecule has 0 radical (unpaired) electrons. The second kappa shape index (κ2) is 15.2. The van der Waals surface area contributed by atoms with Crippen LogP contribution in [0, 0.1) is 6.92 Å². The molecule has 0 fully saturated rings. The number of pyridine rings is 2. The number of hydrogen-bond donors (Lipinski definition) is 0. The molecule has 0 aliphatic heterocycles. The van der Waals surface area contributed by atoms with Crippen molar-refractivity contribution in [1.29, 1.82) is 0 Å². The monoisotopic (exact) mass is 774 g/mol. The molecule has 0 aromatic carbocycles. The first kappa shape index (κ1) is 40.6. The van der Waals surface area contributed by atoms with Gasteiger partial charge in [0, 0.05) is 11.0 Å². The van der Waals surface area contributed by atoms with Crippen molar-refractivity contribution in [1.82, 2.24) is 29.2 Å². The van der Waals surface area contributed by atoms with Crippen LogP contribution in [0.25, 0.3) is 11.3 Å². The molecule has 4 heterocycles. The first-order valence-electron chi connectivity index (χ1n) is 16.0. The summed E-state index contributed by atoms with van der Waals surface area (Å²) >= 11 is 3.38. The molecule has 0 spiro atoms. The van der Waals surface area contributed by atoms with Crippen LogP contribution in [0.4, 0.5) is 31.1 Å². The Balaban J connectivity index is 0.000000276. The zero-order chi connectivity index (χ0) is 38.7. The fourth-order valence-electron chi connectivity index (χ4n) is 3.97. The van der Waals surface area contributed by atoms with Crippen LogP contribution in [0.1, 0.15) is 94.5 Å². The fraction of sp³-hybridized carbons (Fsp3) is 0.529. The summed E-state index contributed by atoms with van der Waals surface area (Å²) in [7, 11) is 0. The Labute approximate surface area is 305 Å². The minimum absolute atomic E-state index is 0.0993. The topological polar surface area (TPSA) is 172 Å². The van der Waals surface area contributed by atoms with E-state index in [0.717, 1.165) is 11.4 Å². The number of nitrogens with zero attached hydrogens (tertiary/aromatic N) is 8. The minimum Gasteiger partial charge on any atom is -0.443 e. The minimum atomic E-state index is -0.900. The molecule has 0 atom stereocenters. The van der Waals surface area contributed by atoms with Gasteiger partial charge in [0.1, 0.15) is 22.4 Å². The lowest BCUT2D eigenvalue weighted by Gasteiger charge is -2.26. The van der Waals surface area contributed by atoms with Gasteiger partial charge in [0.05, 0.1) is 5.69 Å². The standard InChI is InChI=1S/C17H23BrN4O4.C17H24N4O4/c1-16(2,3)25-14(23)21(15(24)26-17(4,5)6)13-19-12-9-7-8-11(10-18)22(12)20-13;1-11-9-8-10-12-18-13(19-21(11)12)20(14(22)24-16(2,3)4)15(23)25-17(5,6)7/h7-9H,10H2,1-6H3;8-10H,1-7H3. The Morgan fingerprint density at radius 3 is 1.25 bits per heavy atom. The Morgan fingerprint density at radius 1 is 0.588 bits per heavy atom. The van der Waals surface area contributed by atoms with Crippen molar-refractivity contribution in [3.05, 3.63) is 47.8 Å². The number of amides is 4. The summed E-state index contributed by atoms with van der Waals surface area (Å²) < 4.78 is 24.4. The van der Waals surface area contributed by atoms with Crippen molar-refractivity contribution >= 4 is 63.5 Å². The number of anilines is 2. The molecule has 0 unspecified atom stereocenters. The first-order chi connectivity index (χ1) is 23.3. The van der Waals surface area contributed by atoms with E-state index >= 15 is 0 Å². The molecule has 4 aromatic heterocycles. The predicted molar refractivity (Wildman–Crippen MR) is 193 cm³/mol. The zero-order valence-electron chi connectivity index (χ0n) is 31.4. The quantitative estimate of drug-likeness (QED) is 0.145. The number of rotatable bonds is 3. The number of aromatic nitrogens is 6. The molecular formula is C34H47BrN8O8. The van der Waals surface area contributed by atoms with Crippen molar-refractivity contribution in [2.45, 2.75) is 118 Å². The number of ether oxygens (including phenoxy) is 4. The Bertz CT molecular complexity index is 1840. The van der Waals surface area contributed by atoms with Crippen LogP contribution in [-0.2, 0) is 24.3 Å². The smallest absolute Gasteiger partial charge is 0.427 e. The molecular weight excluding hydrogens is 728 g/mol. The van der Waals surface area contributed by atoms with Crippen molar-refractivity contribution in [3.63, 3.8) is 0 Å². The Kier molecular flexibility index (Phi) is 12.1. The molecule has 4 rings (SSSR count). The Hall–Kier alpha value is -4.80. The highest BCUT2D eigenvalue weighted by molar-refractivity contribution is 9.08. The summed E-state index contributed by atoms with van der Waals surface area (Å²) in [4.78, 5) is 60.3. The molecule has 0 saturated carbocycles. The van der Waals surface area contributed by atoms with Crippen LogP contribution in [0.2, 0.25) is 0 Å². The summed E-state index contributed by atoms with van der Waals surface area (Å²) in [6.07, 6.45) is -3.59. The van der Waals surface area contributed by atoms with Crippen molar-refractivity contribution in [3.8, 4) is 0 Å². The summed E-state index contributed by atoms with van der Waals surface area (Å²) in [5, 5.41) is 9.06. The van der Waals surface area contributed by atoms with Gasteiger partial charge >= 0.3 is 24.4 Å². The number of hydrogen-bond acceptors (Lipinski definition) is 12. The number of fused-ring (bicyclic) bond motifs is 2. The summed E-state index contributed by atoms with van der Waals surface area (Å²) in [6.45, 7) is 22.3. The van der Waals surface area contributed by atoms with Gasteiger partial charge in [0.15, 0.2) is 11.3 Å². The van der Waals surface area contributed by atoms with Crippen LogP contribution >= 0.6 is 15.9 Å². The predicted octanol–water partition coefficient (Wildman–Crippen LogP) is 8.02. The van der Waals surface area contributed by atoms with Crippen LogP contribution in [0.5, 0.6) is 0 Å². The highest BCUT2D eigenvalue weighted by atomic mass is 79.9. The van der Waals surface area contributed by atoms with Crippen LogP contribution in [-0.4, -0.2) is 76.0 Å². The van der Waals surface area contributed by atoms with Crippen LogP contribution in [0.15, 0.2) is 36.4 Å². The molecule has 0 saturated heterocycles. The molecule has 4 aromatic rings. The van der Waals surface area contributed by atoms with Gasteiger partial charge in [-0.3, -0.25) is 0 Å². The maximum Gasteiger partial charge on any atom is 0.427 e. The normalized spacial score (nSPS) is 12.1. The summed E-state index contributed by atoms with van der Waals surface area (Å²) in [5.41, 5.74) is -0.534. The molecule has 0 N–H and O–H groups in total. The van der Waals surface area contributed by atoms with E-state index in [1.54, 1.807) is 99.7 Å². The third-order valence-electron chi connectivity index (χ3n) is 5.81. The van der Waals surface area contributed by atoms with Gasteiger partial charge in [-0.1, -0.05) is 28.1 Å². The van der Waals surface area contributed by atoms with E-state index in [1.165, 1.54) is 4.52 Å². The van der Waals surface area contributed by atoms with E-state index in [4.69, 9.17) is 18.9 Å². The lowest BCUT2D eigenvalue weighted by molar-refractivity contribution is 0.0405. The number of imide groups is 2. The maximum absolute atomic E-state index is 12.6. The van der Waals surface area contributed by atoms with Gasteiger partial charge in [0.2, 0.25) is 0 Å². The average Bonchev–Trinajstić information content (AvgIpc) is 3.54. The number of carbonyl (C=O) groups is 4. The zero-order valence-corrected chi connectivity index (χ0v) is 33.0. The number of halogens is 1. The van der Waals surface area contributed by atoms with E-state index in [2.05, 4.69) is 36.1 Å². The van der Waals surface area contributed by atoms with Crippen molar-refractivity contribution in [2.75, 3.05) is 9.80 Å². The lowest BCUT2D eigenvalue weighted by Crippen LogP contribution is -2.44. The molecule has 16 nitrogen and oxygen atoms in total. The molecule has 0 bridgehead atoms. The largest absolute Gasteiger partial charge is 0.443 e. The molecule has 17 heteroatoms. The molecule has 4 amide bonds. The third-order valence-corrected chi connectivity index (χ3v) is 6.38. The maximum atomic E-state index is 12.6. The third kappa shape index (κ3) is 11.6. The lowest BCUT2D eigenvalue weighted by atomic mass is 10.2. The highest BCUT2D eigenvalue weighted by Gasteiger charge is 2.37. The number of aryl methyl sites for hydroxylation is 1. The van der Waals surface area contributed by atoms with Gasteiger partial charge in [-0.25, -0.2) is 28.2 Å². The van der Waals surface area contributed by atoms with Gasteiger partial charge in [-0.15, -0.1) is 20.0 Å². The highest BCUT2D eigenvalue weighted by Crippen LogP contribution is 2.22. The number of alkyl halides is 1. The van der Waals surface area contributed by atoms with Crippen molar-refractivity contribution in [2.24, 2.45) is 0 Å². The molecule has 51 heavy (non-hydrogen) atoms. The van der Waals surface area contributed by atoms with Crippen LogP contribution in [0.3, 0.4) is 0 Å². The van der Waals surface area contributed by atoms with E-state index in [9.17, 15) is 19.2 Å². The van der Waals surface area contributed by atoms with E-state index in [1.807, 2.05) is 31.2 Å². The fourth-order valence-corrected chi connectivity index (χ4v) is 4.39. The summed E-state index contributed by atoms with van der Waals surface area (Å²) in [5.74, 6) is -0.209. The van der Waals surface area contributed by atoms with Gasteiger partial charge in [0.25, 0.3) is 11.9 Å². The van der Waals surface area contributed by atoms with E-state index < -0.39 is 46.8 Å². The van der Waals surface area contributed by atoms with E-state index in [-0.39, 0.29) is 11.9 Å². The van der Waals surface area contributed by atoms with Crippen molar-refractivity contribution < 1.29 is 38.1 Å². The Morgan fingerprint density at radius 2 is 0.922 bits per heavy atom. The first-order valence-corrected chi connectivity index (χ1v) is 17.2.